The summed E-state index contributed by atoms with van der Waals surface area (Å²) in [7, 11) is 1.77. The highest BCUT2D eigenvalue weighted by Crippen LogP contribution is 2.17. The summed E-state index contributed by atoms with van der Waals surface area (Å²) < 4.78 is 14.8. The van der Waals surface area contributed by atoms with E-state index in [9.17, 15) is 9.18 Å². The Kier molecular flexibility index (Phi) is 2.91. The summed E-state index contributed by atoms with van der Waals surface area (Å²) in [4.78, 5) is 11.9. The Hall–Kier alpha value is -2.17. The lowest BCUT2D eigenvalue weighted by Gasteiger charge is -2.04. The predicted molar refractivity (Wildman–Crippen MR) is 62.1 cm³/mol. The molecule has 0 aliphatic rings. The van der Waals surface area contributed by atoms with Gasteiger partial charge in [-0.05, 0) is 18.2 Å². The molecule has 88 valence electrons. The van der Waals surface area contributed by atoms with Crippen LogP contribution in [0.2, 0.25) is 0 Å². The van der Waals surface area contributed by atoms with Crippen LogP contribution in [0.4, 0.5) is 10.1 Å². The van der Waals surface area contributed by atoms with E-state index in [1.807, 2.05) is 0 Å². The van der Waals surface area contributed by atoms with E-state index in [2.05, 4.69) is 5.10 Å². The molecule has 2 N–H and O–H groups in total. The molecule has 0 atom stereocenters. The number of hydrogen-bond donors (Lipinski definition) is 1. The minimum atomic E-state index is -0.572. The number of benzene rings is 1. The van der Waals surface area contributed by atoms with Gasteiger partial charge in [-0.15, -0.1) is 0 Å². The van der Waals surface area contributed by atoms with Crippen LogP contribution in [-0.4, -0.2) is 15.6 Å². The van der Waals surface area contributed by atoms with Crippen LogP contribution in [0.1, 0.15) is 16.1 Å². The first-order valence-corrected chi connectivity index (χ1v) is 5.13. The van der Waals surface area contributed by atoms with E-state index in [-0.39, 0.29) is 23.5 Å². The van der Waals surface area contributed by atoms with Crippen LogP contribution in [0.5, 0.6) is 0 Å². The topological polar surface area (TPSA) is 60.9 Å². The largest absolute Gasteiger partial charge is 0.396 e. The van der Waals surface area contributed by atoms with Crippen molar-refractivity contribution in [3.63, 3.8) is 0 Å². The molecule has 5 heteroatoms. The van der Waals surface area contributed by atoms with Gasteiger partial charge in [-0.3, -0.25) is 9.48 Å². The van der Waals surface area contributed by atoms with Gasteiger partial charge >= 0.3 is 0 Å². The maximum atomic E-state index is 13.2. The first-order chi connectivity index (χ1) is 8.08. The normalized spacial score (nSPS) is 10.5. The molecule has 0 unspecified atom stereocenters. The third-order valence-electron chi connectivity index (χ3n) is 2.46. The van der Waals surface area contributed by atoms with Crippen LogP contribution < -0.4 is 5.73 Å². The third kappa shape index (κ3) is 2.33. The second kappa shape index (κ2) is 4.37. The number of nitrogen functional groups attached to an aromatic ring is 1. The Morgan fingerprint density at radius 1 is 1.47 bits per heavy atom. The number of halogens is 1. The van der Waals surface area contributed by atoms with Crippen LogP contribution in [0, 0.1) is 5.82 Å². The second-order valence-corrected chi connectivity index (χ2v) is 3.78. The van der Waals surface area contributed by atoms with Crippen LogP contribution in [-0.2, 0) is 13.5 Å². The fourth-order valence-electron chi connectivity index (χ4n) is 1.60. The molecule has 2 rings (SSSR count). The van der Waals surface area contributed by atoms with E-state index in [0.29, 0.717) is 5.69 Å². The number of nitrogens with two attached hydrogens (primary N) is 1. The molecule has 0 bridgehead atoms. The fraction of sp³-hybridized carbons (Fsp3) is 0.167. The van der Waals surface area contributed by atoms with E-state index < -0.39 is 5.82 Å². The predicted octanol–water partition coefficient (Wildman–Crippen LogP) is 1.57. The molecule has 0 saturated carbocycles. The van der Waals surface area contributed by atoms with E-state index >= 15 is 0 Å². The van der Waals surface area contributed by atoms with Gasteiger partial charge in [-0.1, -0.05) is 6.07 Å². The summed E-state index contributed by atoms with van der Waals surface area (Å²) in [6.07, 6.45) is 1.87. The molecule has 0 radical (unpaired) electrons. The summed E-state index contributed by atoms with van der Waals surface area (Å²) in [6.45, 7) is 0. The number of para-hydroxylation sites is 1. The average molecular weight is 233 g/mol. The molecule has 1 heterocycles. The summed E-state index contributed by atoms with van der Waals surface area (Å²) in [5, 5.41) is 4.09. The van der Waals surface area contributed by atoms with Crippen molar-refractivity contribution < 1.29 is 9.18 Å². The molecule has 0 aliphatic carbocycles. The lowest BCUT2D eigenvalue weighted by atomic mass is 10.0. The number of Topliss-reactive ketones (excluding diaryl/α,β-unsaturated/α-hetero) is 1. The number of aryl methyl sites for hydroxylation is 1. The molecular weight excluding hydrogens is 221 g/mol. The minimum absolute atomic E-state index is 0.103. The van der Waals surface area contributed by atoms with Crippen molar-refractivity contribution in [2.75, 3.05) is 5.73 Å². The highest BCUT2D eigenvalue weighted by Gasteiger charge is 2.14. The maximum Gasteiger partial charge on any atom is 0.171 e. The molecule has 0 spiro atoms. The van der Waals surface area contributed by atoms with Crippen LogP contribution in [0.25, 0.3) is 0 Å². The van der Waals surface area contributed by atoms with E-state index in [1.165, 1.54) is 18.2 Å². The first-order valence-electron chi connectivity index (χ1n) is 5.13. The third-order valence-corrected chi connectivity index (χ3v) is 2.46. The molecular formula is C12H12FN3O. The number of rotatable bonds is 3. The lowest BCUT2D eigenvalue weighted by molar-refractivity contribution is 0.0992. The van der Waals surface area contributed by atoms with Crippen molar-refractivity contribution in [1.29, 1.82) is 0 Å². The Labute approximate surface area is 97.9 Å². The lowest BCUT2D eigenvalue weighted by Crippen LogP contribution is -2.09. The van der Waals surface area contributed by atoms with Crippen molar-refractivity contribution in [2.45, 2.75) is 6.42 Å². The van der Waals surface area contributed by atoms with Gasteiger partial charge in [0.2, 0.25) is 0 Å². The van der Waals surface area contributed by atoms with Crippen molar-refractivity contribution in [1.82, 2.24) is 9.78 Å². The number of anilines is 1. The first kappa shape index (κ1) is 11.3. The van der Waals surface area contributed by atoms with Crippen molar-refractivity contribution in [2.24, 2.45) is 7.05 Å². The molecule has 2 aromatic rings. The van der Waals surface area contributed by atoms with E-state index in [0.717, 1.165) is 0 Å². The molecule has 0 saturated heterocycles. The molecule has 0 amide bonds. The standard InChI is InChI=1S/C12H12FN3O/c1-16-6-5-8(15-16)7-11(17)9-3-2-4-10(13)12(9)14/h2-6H,7,14H2,1H3. The molecule has 17 heavy (non-hydrogen) atoms. The average Bonchev–Trinajstić information content (AvgIpc) is 2.68. The van der Waals surface area contributed by atoms with Gasteiger partial charge in [0.1, 0.15) is 5.82 Å². The zero-order chi connectivity index (χ0) is 12.4. The summed E-state index contributed by atoms with van der Waals surface area (Å²) in [6, 6.07) is 5.96. The van der Waals surface area contributed by atoms with E-state index in [1.54, 1.807) is 24.0 Å². The fourth-order valence-corrected chi connectivity index (χ4v) is 1.60. The summed E-state index contributed by atoms with van der Waals surface area (Å²) in [5.41, 5.74) is 6.26. The second-order valence-electron chi connectivity index (χ2n) is 3.78. The van der Waals surface area contributed by atoms with Crippen LogP contribution >= 0.6 is 0 Å². The molecule has 0 fully saturated rings. The van der Waals surface area contributed by atoms with Gasteiger partial charge in [0, 0.05) is 18.8 Å². The maximum absolute atomic E-state index is 13.2. The minimum Gasteiger partial charge on any atom is -0.396 e. The van der Waals surface area contributed by atoms with Gasteiger partial charge in [0.05, 0.1) is 17.8 Å². The Balaban J connectivity index is 2.23. The van der Waals surface area contributed by atoms with Gasteiger partial charge < -0.3 is 5.73 Å². The SMILES string of the molecule is Cn1ccc(CC(=O)c2cccc(F)c2N)n1. The van der Waals surface area contributed by atoms with E-state index in [4.69, 9.17) is 5.73 Å². The van der Waals surface area contributed by atoms with Crippen molar-refractivity contribution >= 4 is 11.5 Å². The summed E-state index contributed by atoms with van der Waals surface area (Å²) >= 11 is 0. The van der Waals surface area contributed by atoms with Gasteiger partial charge in [-0.25, -0.2) is 4.39 Å². The number of carbonyl (C=O) groups is 1. The van der Waals surface area contributed by atoms with Gasteiger partial charge in [-0.2, -0.15) is 5.10 Å². The zero-order valence-corrected chi connectivity index (χ0v) is 9.35. The highest BCUT2D eigenvalue weighted by molar-refractivity contribution is 6.01. The number of ketones is 1. The molecule has 1 aromatic heterocycles. The number of aromatic nitrogens is 2. The van der Waals surface area contributed by atoms with Crippen molar-refractivity contribution in [3.05, 3.63) is 47.5 Å². The molecule has 1 aromatic carbocycles. The molecule has 0 aliphatic heterocycles. The smallest absolute Gasteiger partial charge is 0.171 e. The number of carbonyl (C=O) groups excluding carboxylic acids is 1. The van der Waals surface area contributed by atoms with Crippen LogP contribution in [0.3, 0.4) is 0 Å². The monoisotopic (exact) mass is 233 g/mol. The number of nitrogens with zero attached hydrogens (tertiary/aromatic N) is 2. The molecule has 4 nitrogen and oxygen atoms in total. The number of hydrogen-bond acceptors (Lipinski definition) is 3. The van der Waals surface area contributed by atoms with Crippen LogP contribution in [0.15, 0.2) is 30.5 Å². The Bertz CT molecular complexity index is 563. The van der Waals surface area contributed by atoms with Crippen molar-refractivity contribution in [3.8, 4) is 0 Å². The zero-order valence-electron chi connectivity index (χ0n) is 9.35. The Morgan fingerprint density at radius 3 is 2.88 bits per heavy atom. The Morgan fingerprint density at radius 2 is 2.24 bits per heavy atom. The quantitative estimate of drug-likeness (QED) is 0.646. The van der Waals surface area contributed by atoms with Gasteiger partial charge in [0.25, 0.3) is 0 Å². The highest BCUT2D eigenvalue weighted by atomic mass is 19.1. The summed E-state index contributed by atoms with van der Waals surface area (Å²) in [5.74, 6) is -0.808. The van der Waals surface area contributed by atoms with Gasteiger partial charge in [0.15, 0.2) is 5.78 Å².